The number of rotatable bonds is 12. The first-order valence-electron chi connectivity index (χ1n) is 19.8. The summed E-state index contributed by atoms with van der Waals surface area (Å²) in [4.78, 5) is 32.5. The van der Waals surface area contributed by atoms with Crippen LogP contribution in [0.25, 0.3) is 0 Å². The van der Waals surface area contributed by atoms with Crippen LogP contribution in [0.1, 0.15) is 101 Å². The molecule has 3 aliphatic rings. The number of ketones is 1. The quantitative estimate of drug-likeness (QED) is 0.108. The number of ether oxygens (including phenoxy) is 4. The number of methoxy groups -OCH3 is 4. The Bertz CT molecular complexity index is 2110. The van der Waals surface area contributed by atoms with E-state index in [1.807, 2.05) is 55.5 Å². The number of hydrogen-bond donors (Lipinski definition) is 2. The minimum absolute atomic E-state index is 0.0432. The molecule has 1 saturated carbocycles. The molecule has 0 radical (unpaired) electrons. The Morgan fingerprint density at radius 2 is 1.63 bits per heavy atom. The Morgan fingerprint density at radius 1 is 0.860 bits per heavy atom. The van der Waals surface area contributed by atoms with Crippen LogP contribution >= 0.6 is 11.3 Å². The molecule has 3 aliphatic carbocycles. The molecule has 1 fully saturated rings. The lowest BCUT2D eigenvalue weighted by Crippen LogP contribution is -2.53. The van der Waals surface area contributed by atoms with Crippen molar-refractivity contribution < 1.29 is 38.7 Å². The summed E-state index contributed by atoms with van der Waals surface area (Å²) in [5, 5.41) is 24.3. The van der Waals surface area contributed by atoms with Crippen molar-refractivity contribution in [3.8, 4) is 23.0 Å². The zero-order valence-electron chi connectivity index (χ0n) is 34.4. The maximum absolute atomic E-state index is 14.6. The Morgan fingerprint density at radius 3 is 2.33 bits per heavy atom. The molecule has 57 heavy (non-hydrogen) atoms. The van der Waals surface area contributed by atoms with Gasteiger partial charge in [0.15, 0.2) is 11.5 Å². The van der Waals surface area contributed by atoms with Crippen LogP contribution in [-0.4, -0.2) is 73.5 Å². The fourth-order valence-electron chi connectivity index (χ4n) is 8.90. The summed E-state index contributed by atoms with van der Waals surface area (Å²) >= 11 is 1.48. The molecule has 1 aromatic heterocycles. The lowest BCUT2D eigenvalue weighted by molar-refractivity contribution is -0.140. The predicted molar refractivity (Wildman–Crippen MR) is 224 cm³/mol. The number of hydrogen-bond acceptors (Lipinski definition) is 9. The monoisotopic (exact) mass is 795 g/mol. The second-order valence-electron chi connectivity index (χ2n) is 16.0. The Hall–Kier alpha value is -4.64. The number of allylic oxidation sites excluding steroid dienone is 2. The van der Waals surface area contributed by atoms with Gasteiger partial charge in [-0.25, -0.2) is 0 Å². The molecule has 10 heteroatoms. The van der Waals surface area contributed by atoms with Crippen LogP contribution in [0.4, 0.5) is 0 Å². The van der Waals surface area contributed by atoms with E-state index in [1.54, 1.807) is 45.5 Å². The number of aryl methyl sites for hydroxylation is 1. The normalized spacial score (nSPS) is 22.2. The minimum atomic E-state index is -1.32. The van der Waals surface area contributed by atoms with E-state index >= 15 is 0 Å². The molecule has 2 bridgehead atoms. The standard InChI is InChI=1S/C47H57NO8S/c1-30-9-8-21-46(3)39(37-17-12-32(23-35(49)15-10-30)24-38(37)45(51)43-19-11-31(2)57-43)20-22-47(46,52)29-48(28-34-14-16-36(53-4)27-41(34)55-6)44(50)26-33-13-18-40(54-5)42(25-33)56-7/h9,11-14,16-19,24-25,27,35,39,49,52H,8,10,15,20-23,26,28-29H2,1-7H3/t35-,39-,46-,47+/m0/s1. The molecule has 0 saturated heterocycles. The highest BCUT2D eigenvalue weighted by Gasteiger charge is 2.57. The molecule has 2 N–H and O–H groups in total. The van der Waals surface area contributed by atoms with Crippen LogP contribution in [-0.2, 0) is 24.2 Å². The zero-order chi connectivity index (χ0) is 40.9. The molecular weight excluding hydrogens is 739 g/mol. The molecule has 4 aromatic rings. The summed E-state index contributed by atoms with van der Waals surface area (Å²) in [7, 11) is 6.34. The van der Waals surface area contributed by atoms with Crippen LogP contribution in [0.15, 0.2) is 78.4 Å². The fraction of sp³-hybridized carbons (Fsp3) is 0.447. The minimum Gasteiger partial charge on any atom is -0.497 e. The molecule has 304 valence electrons. The van der Waals surface area contributed by atoms with Gasteiger partial charge in [0.05, 0.1) is 58.0 Å². The second kappa shape index (κ2) is 17.9. The van der Waals surface area contributed by atoms with Gasteiger partial charge >= 0.3 is 0 Å². The average Bonchev–Trinajstić information content (AvgIpc) is 3.75. The van der Waals surface area contributed by atoms with Crippen LogP contribution in [0.5, 0.6) is 23.0 Å². The SMILES string of the molecule is COc1ccc(CN(C[C@]2(O)CC[C@H]3c4ccc(cc4C(=O)c4ccc(C)s4)C[C@@H](O)CCC(C)=CCC[C@@]32C)C(=O)Cc2ccc(OC)c(OC)c2)c(OC)c1. The van der Waals surface area contributed by atoms with Crippen LogP contribution in [0.2, 0.25) is 0 Å². The number of aliphatic hydroxyl groups is 2. The van der Waals surface area contributed by atoms with Gasteiger partial charge in [-0.05, 0) is 124 Å². The van der Waals surface area contributed by atoms with Crippen molar-refractivity contribution >= 4 is 23.0 Å². The van der Waals surface area contributed by atoms with E-state index in [1.165, 1.54) is 16.9 Å². The van der Waals surface area contributed by atoms with E-state index in [2.05, 4.69) is 26.0 Å². The van der Waals surface area contributed by atoms with Gasteiger partial charge in [0, 0.05) is 34.0 Å². The van der Waals surface area contributed by atoms with Crippen LogP contribution in [0, 0.1) is 12.3 Å². The van der Waals surface area contributed by atoms with Gasteiger partial charge in [-0.3, -0.25) is 9.59 Å². The van der Waals surface area contributed by atoms with Crippen molar-refractivity contribution in [3.05, 3.63) is 116 Å². The maximum atomic E-state index is 14.6. The van der Waals surface area contributed by atoms with E-state index in [9.17, 15) is 19.8 Å². The zero-order valence-corrected chi connectivity index (χ0v) is 35.2. The maximum Gasteiger partial charge on any atom is 0.227 e. The molecule has 0 aliphatic heterocycles. The average molecular weight is 796 g/mol. The molecule has 1 amide bonds. The van der Waals surface area contributed by atoms with E-state index in [0.29, 0.717) is 72.0 Å². The summed E-state index contributed by atoms with van der Waals surface area (Å²) in [5.74, 6) is 1.93. The molecule has 4 atom stereocenters. The molecule has 1 heterocycles. The van der Waals surface area contributed by atoms with Gasteiger partial charge in [-0.1, -0.05) is 36.8 Å². The number of benzene rings is 3. The van der Waals surface area contributed by atoms with Gasteiger partial charge in [0.2, 0.25) is 11.7 Å². The third kappa shape index (κ3) is 9.09. The number of fused-ring (bicyclic) bond motifs is 8. The first-order chi connectivity index (χ1) is 27.3. The molecule has 0 unspecified atom stereocenters. The summed E-state index contributed by atoms with van der Waals surface area (Å²) in [5.41, 5.74) is 3.11. The predicted octanol–water partition coefficient (Wildman–Crippen LogP) is 8.63. The lowest BCUT2D eigenvalue weighted by Gasteiger charge is -2.46. The molecule has 9 nitrogen and oxygen atoms in total. The number of thiophene rings is 1. The third-order valence-corrected chi connectivity index (χ3v) is 13.3. The molecular formula is C47H57NO8S. The van der Waals surface area contributed by atoms with Crippen molar-refractivity contribution in [3.63, 3.8) is 0 Å². The van der Waals surface area contributed by atoms with Gasteiger partial charge in [-0.15, -0.1) is 11.3 Å². The van der Waals surface area contributed by atoms with E-state index in [-0.39, 0.29) is 37.1 Å². The van der Waals surface area contributed by atoms with Crippen molar-refractivity contribution in [1.82, 2.24) is 4.90 Å². The number of amides is 1. The highest BCUT2D eigenvalue weighted by Crippen LogP contribution is 2.59. The number of aliphatic hydroxyl groups excluding tert-OH is 1. The summed E-state index contributed by atoms with van der Waals surface area (Å²) < 4.78 is 22.2. The summed E-state index contributed by atoms with van der Waals surface area (Å²) in [6.07, 6.45) is 6.00. The van der Waals surface area contributed by atoms with Gasteiger partial charge < -0.3 is 34.1 Å². The summed E-state index contributed by atoms with van der Waals surface area (Å²) in [6.45, 7) is 6.51. The molecule has 0 spiro atoms. The van der Waals surface area contributed by atoms with Crippen molar-refractivity contribution in [2.75, 3.05) is 35.0 Å². The molecule has 7 rings (SSSR count). The van der Waals surface area contributed by atoms with Crippen molar-refractivity contribution in [1.29, 1.82) is 0 Å². The Balaban J connectivity index is 1.43. The number of carbonyl (C=O) groups excluding carboxylic acids is 2. The third-order valence-electron chi connectivity index (χ3n) is 12.3. The van der Waals surface area contributed by atoms with Crippen LogP contribution < -0.4 is 18.9 Å². The van der Waals surface area contributed by atoms with Crippen molar-refractivity contribution in [2.24, 2.45) is 5.41 Å². The first kappa shape index (κ1) is 42.0. The summed E-state index contributed by atoms with van der Waals surface area (Å²) in [6, 6.07) is 20.9. The Kier molecular flexibility index (Phi) is 13.2. The largest absolute Gasteiger partial charge is 0.497 e. The van der Waals surface area contributed by atoms with Crippen LogP contribution in [0.3, 0.4) is 0 Å². The molecule has 3 aromatic carbocycles. The van der Waals surface area contributed by atoms with E-state index in [0.717, 1.165) is 33.6 Å². The van der Waals surface area contributed by atoms with Gasteiger partial charge in [-0.2, -0.15) is 0 Å². The van der Waals surface area contributed by atoms with Crippen molar-refractivity contribution in [2.45, 2.75) is 96.3 Å². The highest BCUT2D eigenvalue weighted by atomic mass is 32.1. The van der Waals surface area contributed by atoms with Gasteiger partial charge in [0.25, 0.3) is 0 Å². The smallest absolute Gasteiger partial charge is 0.227 e. The fourth-order valence-corrected chi connectivity index (χ4v) is 9.72. The number of carbonyl (C=O) groups is 2. The highest BCUT2D eigenvalue weighted by molar-refractivity contribution is 7.14. The topological polar surface area (TPSA) is 115 Å². The Labute approximate surface area is 341 Å². The van der Waals surface area contributed by atoms with Gasteiger partial charge in [0.1, 0.15) is 11.5 Å². The van der Waals surface area contributed by atoms with E-state index in [4.69, 9.17) is 18.9 Å². The second-order valence-corrected chi connectivity index (χ2v) is 17.3. The lowest BCUT2D eigenvalue weighted by atomic mass is 9.64. The van der Waals surface area contributed by atoms with E-state index < -0.39 is 17.1 Å². The number of nitrogens with zero attached hydrogens (tertiary/aromatic N) is 1. The first-order valence-corrected chi connectivity index (χ1v) is 20.6.